The van der Waals surface area contributed by atoms with E-state index in [1.807, 2.05) is 32.1 Å². The number of benzene rings is 2. The molecule has 7 heteroatoms. The zero-order chi connectivity index (χ0) is 18.7. The number of rotatable bonds is 7. The van der Waals surface area contributed by atoms with Gasteiger partial charge < -0.3 is 4.74 Å². The van der Waals surface area contributed by atoms with Gasteiger partial charge in [0.25, 0.3) is 15.1 Å². The molecule has 1 aromatic heterocycles. The number of allylic oxidation sites excluding steroid dienone is 1. The molecule has 0 saturated heterocycles. The molecule has 3 aromatic rings. The molecule has 0 fully saturated rings. The van der Waals surface area contributed by atoms with Crippen LogP contribution in [0.3, 0.4) is 0 Å². The number of aromatic nitrogens is 1. The molecule has 0 unspecified atom stereocenters. The summed E-state index contributed by atoms with van der Waals surface area (Å²) < 4.78 is 40.1. The third-order valence-corrected chi connectivity index (χ3v) is 6.00. The Morgan fingerprint density at radius 3 is 2.77 bits per heavy atom. The second-order valence-corrected chi connectivity index (χ2v) is 8.69. The van der Waals surface area contributed by atoms with Crippen LogP contribution in [0.2, 0.25) is 0 Å². The number of hydrogen-bond acceptors (Lipinski definition) is 4. The van der Waals surface area contributed by atoms with Crippen LogP contribution in [-0.4, -0.2) is 25.3 Å². The Hall–Kier alpha value is -1.96. The molecule has 0 bridgehead atoms. The van der Waals surface area contributed by atoms with E-state index in [0.717, 1.165) is 31.8 Å². The van der Waals surface area contributed by atoms with Gasteiger partial charge >= 0.3 is 0 Å². The Labute approximate surface area is 157 Å². The number of nitrogens with zero attached hydrogens (tertiary/aromatic N) is 1. The average Bonchev–Trinajstić information content (AvgIpc) is 2.92. The molecule has 26 heavy (non-hydrogen) atoms. The van der Waals surface area contributed by atoms with Gasteiger partial charge in [-0.05, 0) is 31.4 Å². The van der Waals surface area contributed by atoms with Gasteiger partial charge in [-0.3, -0.25) is 4.55 Å². The maximum absolute atomic E-state index is 11.1. The molecule has 2 aromatic carbocycles. The maximum atomic E-state index is 11.1. The van der Waals surface area contributed by atoms with Crippen molar-refractivity contribution < 1.29 is 22.3 Å². The third-order valence-electron chi connectivity index (χ3n) is 4.10. The van der Waals surface area contributed by atoms with Gasteiger partial charge in [-0.25, -0.2) is 0 Å². The van der Waals surface area contributed by atoms with Crippen molar-refractivity contribution in [3.8, 4) is 0 Å². The van der Waals surface area contributed by atoms with Crippen LogP contribution in [0.5, 0.6) is 0 Å². The Morgan fingerprint density at radius 2 is 2.04 bits per heavy atom. The summed E-state index contributed by atoms with van der Waals surface area (Å²) in [4.78, 5) is 0. The molecular formula is C19H22NO4S2+. The van der Waals surface area contributed by atoms with Gasteiger partial charge in [0.15, 0.2) is 6.54 Å². The number of fused-ring (bicyclic) bond motifs is 3. The highest BCUT2D eigenvalue weighted by atomic mass is 32.2. The zero-order valence-corrected chi connectivity index (χ0v) is 16.4. The first-order valence-electron chi connectivity index (χ1n) is 8.49. The molecule has 5 nitrogen and oxygen atoms in total. The second-order valence-electron chi connectivity index (χ2n) is 6.05. The van der Waals surface area contributed by atoms with Gasteiger partial charge in [0.1, 0.15) is 10.5 Å². The lowest BCUT2D eigenvalue weighted by atomic mass is 10.1. The van der Waals surface area contributed by atoms with E-state index in [1.165, 1.54) is 0 Å². The summed E-state index contributed by atoms with van der Waals surface area (Å²) in [6.07, 6.45) is 2.32. The zero-order valence-electron chi connectivity index (χ0n) is 14.8. The summed E-state index contributed by atoms with van der Waals surface area (Å²) in [5.41, 5.74) is 1.08. The van der Waals surface area contributed by atoms with Crippen molar-refractivity contribution in [3.63, 3.8) is 0 Å². The Morgan fingerprint density at radius 1 is 1.27 bits per heavy atom. The fraction of sp³-hybridized carbons (Fsp3) is 0.316. The number of thiazole rings is 1. The highest BCUT2D eigenvalue weighted by molar-refractivity contribution is 7.85. The van der Waals surface area contributed by atoms with Crippen molar-refractivity contribution in [3.05, 3.63) is 47.2 Å². The van der Waals surface area contributed by atoms with Crippen molar-refractivity contribution in [2.75, 3.05) is 12.4 Å². The molecule has 3 rings (SSSR count). The molecule has 1 heterocycles. The minimum absolute atomic E-state index is 0.254. The number of hydrogen-bond donors (Lipinski definition) is 1. The van der Waals surface area contributed by atoms with E-state index >= 15 is 0 Å². The van der Waals surface area contributed by atoms with Gasteiger partial charge in [0.05, 0.1) is 23.8 Å². The van der Waals surface area contributed by atoms with Crippen molar-refractivity contribution in [2.24, 2.45) is 0 Å². The molecule has 138 valence electrons. The molecule has 0 radical (unpaired) electrons. The predicted molar refractivity (Wildman–Crippen MR) is 106 cm³/mol. The van der Waals surface area contributed by atoms with E-state index in [-0.39, 0.29) is 5.75 Å². The molecule has 0 saturated carbocycles. The molecule has 0 amide bonds. The van der Waals surface area contributed by atoms with E-state index in [4.69, 9.17) is 9.29 Å². The first-order chi connectivity index (χ1) is 12.4. The van der Waals surface area contributed by atoms with E-state index < -0.39 is 10.1 Å². The molecule has 1 N–H and O–H groups in total. The highest BCUT2D eigenvalue weighted by Crippen LogP contribution is 2.29. The lowest BCUT2D eigenvalue weighted by Crippen LogP contribution is -2.36. The predicted octanol–water partition coefficient (Wildman–Crippen LogP) is 4.02. The first-order valence-corrected chi connectivity index (χ1v) is 10.9. The standard InChI is InChI=1S/C19H21NO4S2/c1-3-24-14(2)13-18-20(11-6-12-26(21,22)23)19-16-8-5-4-7-15(16)9-10-17(19)25-18/h4-5,7-10,13H,3,6,11-12H2,1-2H3/p+1. The van der Waals surface area contributed by atoms with Crippen LogP contribution in [0.15, 0.2) is 42.2 Å². The molecule has 0 aliphatic carbocycles. The van der Waals surface area contributed by atoms with Crippen LogP contribution in [0.1, 0.15) is 25.3 Å². The van der Waals surface area contributed by atoms with E-state index in [9.17, 15) is 8.42 Å². The summed E-state index contributed by atoms with van der Waals surface area (Å²) in [7, 11) is -3.97. The van der Waals surface area contributed by atoms with Crippen LogP contribution < -0.4 is 4.57 Å². The third kappa shape index (κ3) is 4.23. The number of ether oxygens (including phenoxy) is 1. The van der Waals surface area contributed by atoms with Gasteiger partial charge in [-0.15, -0.1) is 0 Å². The fourth-order valence-corrected chi connectivity index (χ4v) is 4.74. The number of aryl methyl sites for hydroxylation is 1. The lowest BCUT2D eigenvalue weighted by Gasteiger charge is -2.02. The smallest absolute Gasteiger partial charge is 0.266 e. The van der Waals surface area contributed by atoms with Crippen LogP contribution >= 0.6 is 11.3 Å². The molecule has 0 aliphatic rings. The SMILES string of the molecule is CCOC(C)=Cc1sc2ccc3ccccc3c2[n+]1CCCS(=O)(=O)O. The molecule has 0 aliphatic heterocycles. The van der Waals surface area contributed by atoms with E-state index in [0.29, 0.717) is 19.6 Å². The van der Waals surface area contributed by atoms with Crippen LogP contribution in [0.4, 0.5) is 0 Å². The Balaban J connectivity index is 2.14. The second kappa shape index (κ2) is 7.73. The van der Waals surface area contributed by atoms with Gasteiger partial charge in [-0.2, -0.15) is 13.0 Å². The van der Waals surface area contributed by atoms with Crippen molar-refractivity contribution in [2.45, 2.75) is 26.8 Å². The van der Waals surface area contributed by atoms with Crippen molar-refractivity contribution in [1.82, 2.24) is 0 Å². The van der Waals surface area contributed by atoms with Gasteiger partial charge in [-0.1, -0.05) is 35.6 Å². The summed E-state index contributed by atoms with van der Waals surface area (Å²) in [5, 5.41) is 3.26. The Kier molecular flexibility index (Phi) is 5.60. The molecule has 0 spiro atoms. The first kappa shape index (κ1) is 18.8. The van der Waals surface area contributed by atoms with E-state index in [1.54, 1.807) is 11.3 Å². The van der Waals surface area contributed by atoms with E-state index in [2.05, 4.69) is 28.8 Å². The molecule has 0 atom stereocenters. The fourth-order valence-electron chi connectivity index (χ4n) is 3.05. The van der Waals surface area contributed by atoms with Crippen LogP contribution in [0, 0.1) is 0 Å². The highest BCUT2D eigenvalue weighted by Gasteiger charge is 2.22. The largest absolute Gasteiger partial charge is 0.498 e. The van der Waals surface area contributed by atoms with Crippen molar-refractivity contribution in [1.29, 1.82) is 0 Å². The quantitative estimate of drug-likeness (QED) is 0.375. The normalized spacial score (nSPS) is 12.8. The van der Waals surface area contributed by atoms with Crippen molar-refractivity contribution >= 4 is 48.5 Å². The minimum atomic E-state index is -3.97. The van der Waals surface area contributed by atoms with Gasteiger partial charge in [0.2, 0.25) is 5.52 Å². The lowest BCUT2D eigenvalue weighted by molar-refractivity contribution is -0.667. The van der Waals surface area contributed by atoms with Crippen LogP contribution in [0.25, 0.3) is 27.1 Å². The molecular weight excluding hydrogens is 370 g/mol. The van der Waals surface area contributed by atoms with Gasteiger partial charge in [0, 0.05) is 6.42 Å². The minimum Gasteiger partial charge on any atom is -0.498 e. The average molecular weight is 393 g/mol. The Bertz CT molecular complexity index is 1070. The summed E-state index contributed by atoms with van der Waals surface area (Å²) in [6.45, 7) is 4.95. The summed E-state index contributed by atoms with van der Waals surface area (Å²) in [6, 6.07) is 12.3. The monoisotopic (exact) mass is 392 g/mol. The summed E-state index contributed by atoms with van der Waals surface area (Å²) in [5.74, 6) is 0.558. The topological polar surface area (TPSA) is 67.5 Å². The maximum Gasteiger partial charge on any atom is 0.266 e. The summed E-state index contributed by atoms with van der Waals surface area (Å²) >= 11 is 1.65. The van der Waals surface area contributed by atoms with Crippen LogP contribution in [-0.2, 0) is 21.4 Å².